The zero-order valence-electron chi connectivity index (χ0n) is 18.6. The van der Waals surface area contributed by atoms with Gasteiger partial charge in [-0.25, -0.2) is 4.79 Å². The fourth-order valence-corrected chi connectivity index (χ4v) is 3.28. The van der Waals surface area contributed by atoms with E-state index in [1.165, 1.54) is 13.2 Å². The first-order valence-electron chi connectivity index (χ1n) is 10.4. The average Bonchev–Trinajstić information content (AvgIpc) is 3.25. The molecule has 2 aromatic rings. The highest BCUT2D eigenvalue weighted by Crippen LogP contribution is 2.33. The third kappa shape index (κ3) is 6.03. The maximum Gasteiger partial charge on any atom is 0.326 e. The Morgan fingerprint density at radius 2 is 1.85 bits per heavy atom. The van der Waals surface area contributed by atoms with Crippen LogP contribution in [0.1, 0.15) is 36.2 Å². The van der Waals surface area contributed by atoms with Crippen molar-refractivity contribution in [3.63, 3.8) is 0 Å². The van der Waals surface area contributed by atoms with E-state index in [2.05, 4.69) is 10.6 Å². The molecule has 1 heterocycles. The summed E-state index contributed by atoms with van der Waals surface area (Å²) in [4.78, 5) is 37.6. The summed E-state index contributed by atoms with van der Waals surface area (Å²) in [5.41, 5.74) is 0.654. The van der Waals surface area contributed by atoms with Gasteiger partial charge in [0, 0.05) is 0 Å². The van der Waals surface area contributed by atoms with Gasteiger partial charge in [0.2, 0.25) is 6.79 Å². The second-order valence-electron chi connectivity index (χ2n) is 7.82. The van der Waals surface area contributed by atoms with E-state index in [1.807, 2.05) is 13.8 Å². The number of hydrogen-bond acceptors (Lipinski definition) is 6. The molecule has 1 aliphatic rings. The van der Waals surface area contributed by atoms with Crippen LogP contribution < -0.4 is 24.8 Å². The highest BCUT2D eigenvalue weighted by Gasteiger charge is 2.25. The number of carboxylic acids is 1. The van der Waals surface area contributed by atoms with Crippen molar-refractivity contribution in [1.82, 2.24) is 10.6 Å². The number of nitrogens with one attached hydrogen (secondary N) is 2. The Bertz CT molecular complexity index is 1080. The molecule has 9 nitrogen and oxygen atoms in total. The minimum atomic E-state index is -1.16. The van der Waals surface area contributed by atoms with Crippen molar-refractivity contribution in [3.8, 4) is 17.2 Å². The van der Waals surface area contributed by atoms with Gasteiger partial charge in [-0.05, 0) is 48.2 Å². The van der Waals surface area contributed by atoms with E-state index in [9.17, 15) is 19.5 Å². The van der Waals surface area contributed by atoms with Crippen LogP contribution in [0.25, 0.3) is 6.08 Å². The van der Waals surface area contributed by atoms with Gasteiger partial charge in [0.15, 0.2) is 11.5 Å². The number of carbonyl (C=O) groups excluding carboxylic acids is 2. The van der Waals surface area contributed by atoms with Crippen LogP contribution in [-0.2, 0) is 9.59 Å². The molecule has 9 heteroatoms. The molecule has 2 aromatic carbocycles. The summed E-state index contributed by atoms with van der Waals surface area (Å²) in [5.74, 6) is -1.02. The molecule has 174 valence electrons. The topological polar surface area (TPSA) is 123 Å². The number of benzene rings is 2. The summed E-state index contributed by atoms with van der Waals surface area (Å²) in [6, 6.07) is 10.5. The van der Waals surface area contributed by atoms with Crippen LogP contribution in [0.5, 0.6) is 17.2 Å². The molecule has 0 radical (unpaired) electrons. The normalized spacial score (nSPS) is 13.4. The Labute approximate surface area is 191 Å². The van der Waals surface area contributed by atoms with Crippen LogP contribution in [0.3, 0.4) is 0 Å². The Morgan fingerprint density at radius 3 is 2.55 bits per heavy atom. The van der Waals surface area contributed by atoms with Gasteiger partial charge >= 0.3 is 5.97 Å². The van der Waals surface area contributed by atoms with Crippen LogP contribution in [0.2, 0.25) is 0 Å². The first-order chi connectivity index (χ1) is 15.8. The van der Waals surface area contributed by atoms with Gasteiger partial charge in [-0.1, -0.05) is 32.0 Å². The van der Waals surface area contributed by atoms with E-state index >= 15 is 0 Å². The van der Waals surface area contributed by atoms with Gasteiger partial charge < -0.3 is 30.0 Å². The zero-order valence-corrected chi connectivity index (χ0v) is 18.6. The number of carboxylic acid groups (broad SMARTS) is 1. The van der Waals surface area contributed by atoms with Crippen LogP contribution in [-0.4, -0.2) is 42.8 Å². The van der Waals surface area contributed by atoms with E-state index < -0.39 is 23.8 Å². The van der Waals surface area contributed by atoms with Crippen LogP contribution >= 0.6 is 0 Å². The predicted molar refractivity (Wildman–Crippen MR) is 120 cm³/mol. The highest BCUT2D eigenvalue weighted by atomic mass is 16.7. The van der Waals surface area contributed by atoms with Crippen molar-refractivity contribution in [1.29, 1.82) is 0 Å². The lowest BCUT2D eigenvalue weighted by Gasteiger charge is -2.18. The summed E-state index contributed by atoms with van der Waals surface area (Å²) in [7, 11) is 1.44. The molecule has 0 spiro atoms. The molecule has 2 amide bonds. The number of amides is 2. The molecule has 3 N–H and O–H groups in total. The van der Waals surface area contributed by atoms with E-state index in [1.54, 1.807) is 42.5 Å². The highest BCUT2D eigenvalue weighted by molar-refractivity contribution is 6.07. The molecule has 0 saturated carbocycles. The Hall–Kier alpha value is -4.01. The molecule has 0 aromatic heterocycles. The molecule has 0 unspecified atom stereocenters. The lowest BCUT2D eigenvalue weighted by Crippen LogP contribution is -2.45. The molecular weight excluding hydrogens is 428 g/mol. The summed E-state index contributed by atoms with van der Waals surface area (Å²) in [6.07, 6.45) is 1.68. The maximum atomic E-state index is 13.1. The number of ether oxygens (including phenoxy) is 3. The van der Waals surface area contributed by atoms with Crippen molar-refractivity contribution in [2.45, 2.75) is 26.3 Å². The molecule has 0 saturated heterocycles. The van der Waals surface area contributed by atoms with Crippen molar-refractivity contribution < 1.29 is 33.7 Å². The second-order valence-corrected chi connectivity index (χ2v) is 7.82. The summed E-state index contributed by atoms with van der Waals surface area (Å²) >= 11 is 0. The van der Waals surface area contributed by atoms with E-state index in [4.69, 9.17) is 14.2 Å². The van der Waals surface area contributed by atoms with Gasteiger partial charge in [-0.3, -0.25) is 9.59 Å². The lowest BCUT2D eigenvalue weighted by atomic mass is 10.0. The Morgan fingerprint density at radius 1 is 1.12 bits per heavy atom. The SMILES string of the molecule is COc1ccccc1C(=O)N/C(=C\c1ccc2c(c1)OCO2)C(=O)N[C@H](CC(C)C)C(=O)O. The third-order valence-electron chi connectivity index (χ3n) is 4.86. The zero-order chi connectivity index (χ0) is 24.0. The standard InChI is InChI=1S/C24H26N2O7/c1-14(2)10-18(24(29)30)26-23(28)17(11-15-8-9-20-21(12-15)33-13-32-20)25-22(27)16-6-4-5-7-19(16)31-3/h4-9,11-12,14,18H,10,13H2,1-3H3,(H,25,27)(H,26,28)(H,29,30)/b17-11-/t18-/m1/s1. The maximum absolute atomic E-state index is 13.1. The van der Waals surface area contributed by atoms with Gasteiger partial charge in [0.05, 0.1) is 12.7 Å². The fourth-order valence-electron chi connectivity index (χ4n) is 3.28. The number of para-hydroxylation sites is 1. The predicted octanol–water partition coefficient (Wildman–Crippen LogP) is 2.81. The minimum Gasteiger partial charge on any atom is -0.496 e. The summed E-state index contributed by atoms with van der Waals surface area (Å²) < 4.78 is 15.9. The van der Waals surface area contributed by atoms with Gasteiger partial charge in [0.1, 0.15) is 17.5 Å². The number of methoxy groups -OCH3 is 1. The van der Waals surface area contributed by atoms with Crippen molar-refractivity contribution >= 4 is 23.9 Å². The number of rotatable bonds is 9. The Balaban J connectivity index is 1.92. The monoisotopic (exact) mass is 454 g/mol. The third-order valence-corrected chi connectivity index (χ3v) is 4.86. The van der Waals surface area contributed by atoms with Crippen LogP contribution in [0, 0.1) is 5.92 Å². The molecule has 33 heavy (non-hydrogen) atoms. The van der Waals surface area contributed by atoms with Crippen molar-refractivity contribution in [2.24, 2.45) is 5.92 Å². The quantitative estimate of drug-likeness (QED) is 0.498. The first kappa shape index (κ1) is 23.6. The molecule has 3 rings (SSSR count). The van der Waals surface area contributed by atoms with Gasteiger partial charge in [-0.15, -0.1) is 0 Å². The fraction of sp³-hybridized carbons (Fsp3) is 0.292. The number of fused-ring (bicyclic) bond motifs is 1. The van der Waals surface area contributed by atoms with E-state index in [-0.39, 0.29) is 30.4 Å². The van der Waals surface area contributed by atoms with Crippen molar-refractivity contribution in [2.75, 3.05) is 13.9 Å². The molecule has 0 fully saturated rings. The molecule has 0 aliphatic carbocycles. The number of hydrogen-bond donors (Lipinski definition) is 3. The molecule has 1 atom stereocenters. The minimum absolute atomic E-state index is 0.0378. The number of aliphatic carboxylic acids is 1. The Kier molecular flexibility index (Phi) is 7.55. The van der Waals surface area contributed by atoms with Gasteiger partial charge in [0.25, 0.3) is 11.8 Å². The average molecular weight is 454 g/mol. The van der Waals surface area contributed by atoms with Gasteiger partial charge in [-0.2, -0.15) is 0 Å². The second kappa shape index (κ2) is 10.5. The smallest absolute Gasteiger partial charge is 0.326 e. The first-order valence-corrected chi connectivity index (χ1v) is 10.4. The molecule has 0 bridgehead atoms. The molecular formula is C24H26N2O7. The molecule has 1 aliphatic heterocycles. The number of carbonyl (C=O) groups is 3. The van der Waals surface area contributed by atoms with Crippen LogP contribution in [0.4, 0.5) is 0 Å². The largest absolute Gasteiger partial charge is 0.496 e. The summed E-state index contributed by atoms with van der Waals surface area (Å²) in [5, 5.41) is 14.6. The van der Waals surface area contributed by atoms with Crippen LogP contribution in [0.15, 0.2) is 48.2 Å². The lowest BCUT2D eigenvalue weighted by molar-refractivity contribution is -0.141. The van der Waals surface area contributed by atoms with E-state index in [0.29, 0.717) is 22.8 Å². The summed E-state index contributed by atoms with van der Waals surface area (Å²) in [6.45, 7) is 3.81. The van der Waals surface area contributed by atoms with E-state index in [0.717, 1.165) is 0 Å². The van der Waals surface area contributed by atoms with Crippen molar-refractivity contribution in [3.05, 3.63) is 59.3 Å².